The maximum absolute atomic E-state index is 13.0. The number of carbonyl (C=O) groups is 2. The van der Waals surface area contributed by atoms with Gasteiger partial charge in [0.2, 0.25) is 5.91 Å². The van der Waals surface area contributed by atoms with Crippen LogP contribution in [-0.4, -0.2) is 62.6 Å². The first kappa shape index (κ1) is 25.2. The lowest BCUT2D eigenvalue weighted by molar-refractivity contribution is -0.124. The molecule has 1 saturated heterocycles. The van der Waals surface area contributed by atoms with Crippen molar-refractivity contribution in [1.29, 1.82) is 0 Å². The van der Waals surface area contributed by atoms with Gasteiger partial charge in [-0.15, -0.1) is 0 Å². The maximum atomic E-state index is 13.0. The SMILES string of the molecule is CC(C)c1nn(CC(=O)N[C@H]2CN(C(=O)OC(C)(C)C)CC[C@H]2O)c(=O)c2ccc(Br)cc12. The molecule has 0 radical (unpaired) electrons. The van der Waals surface area contributed by atoms with E-state index in [4.69, 9.17) is 4.74 Å². The van der Waals surface area contributed by atoms with E-state index in [9.17, 15) is 19.5 Å². The zero-order valence-corrected chi connectivity index (χ0v) is 21.2. The Morgan fingerprint density at radius 1 is 1.30 bits per heavy atom. The van der Waals surface area contributed by atoms with Crippen LogP contribution in [0.15, 0.2) is 27.5 Å². The van der Waals surface area contributed by atoms with Crippen molar-refractivity contribution in [1.82, 2.24) is 20.0 Å². The molecule has 0 saturated carbocycles. The van der Waals surface area contributed by atoms with Crippen LogP contribution in [0, 0.1) is 0 Å². The smallest absolute Gasteiger partial charge is 0.410 e. The molecule has 1 aromatic carbocycles. The van der Waals surface area contributed by atoms with E-state index in [1.165, 1.54) is 4.90 Å². The average Bonchev–Trinajstić information content (AvgIpc) is 2.70. The lowest BCUT2D eigenvalue weighted by atomic mass is 10.0. The molecule has 33 heavy (non-hydrogen) atoms. The van der Waals surface area contributed by atoms with Crippen molar-refractivity contribution < 1.29 is 19.4 Å². The van der Waals surface area contributed by atoms with E-state index >= 15 is 0 Å². The number of aliphatic hydroxyl groups is 1. The zero-order valence-electron chi connectivity index (χ0n) is 19.6. The highest BCUT2D eigenvalue weighted by molar-refractivity contribution is 9.10. The van der Waals surface area contributed by atoms with Gasteiger partial charge in [0.15, 0.2) is 0 Å². The number of nitrogens with zero attached hydrogens (tertiary/aromatic N) is 3. The molecular formula is C23H31BrN4O5. The molecule has 1 fully saturated rings. The third-order valence-electron chi connectivity index (χ3n) is 5.37. The van der Waals surface area contributed by atoms with Crippen molar-refractivity contribution in [3.63, 3.8) is 0 Å². The Balaban J connectivity index is 1.77. The van der Waals surface area contributed by atoms with Crippen LogP contribution in [0.4, 0.5) is 4.79 Å². The number of halogens is 1. The van der Waals surface area contributed by atoms with Gasteiger partial charge in [-0.1, -0.05) is 29.8 Å². The average molecular weight is 523 g/mol. The van der Waals surface area contributed by atoms with Crippen molar-refractivity contribution >= 4 is 38.7 Å². The molecule has 9 nitrogen and oxygen atoms in total. The molecule has 2 atom stereocenters. The summed E-state index contributed by atoms with van der Waals surface area (Å²) >= 11 is 3.43. The van der Waals surface area contributed by atoms with Crippen molar-refractivity contribution in [3.05, 3.63) is 38.7 Å². The highest BCUT2D eigenvalue weighted by Gasteiger charge is 2.33. The molecule has 1 aliphatic rings. The van der Waals surface area contributed by atoms with E-state index < -0.39 is 29.7 Å². The molecule has 1 aromatic heterocycles. The number of nitrogens with one attached hydrogen (secondary N) is 1. The Hall–Kier alpha value is -2.46. The summed E-state index contributed by atoms with van der Waals surface area (Å²) in [5.41, 5.74) is -0.289. The summed E-state index contributed by atoms with van der Waals surface area (Å²) in [6.07, 6.45) is -0.989. The van der Waals surface area contributed by atoms with Crippen molar-refractivity contribution in [2.75, 3.05) is 13.1 Å². The minimum atomic E-state index is -0.808. The summed E-state index contributed by atoms with van der Waals surface area (Å²) in [6, 6.07) is 4.68. The van der Waals surface area contributed by atoms with Gasteiger partial charge >= 0.3 is 6.09 Å². The van der Waals surface area contributed by atoms with Gasteiger partial charge in [0.1, 0.15) is 12.1 Å². The van der Waals surface area contributed by atoms with Gasteiger partial charge in [-0.25, -0.2) is 9.48 Å². The van der Waals surface area contributed by atoms with Crippen molar-refractivity contribution in [2.24, 2.45) is 0 Å². The third-order valence-corrected chi connectivity index (χ3v) is 5.86. The normalized spacial score (nSPS) is 19.1. The number of amides is 2. The molecule has 3 rings (SSSR count). The van der Waals surface area contributed by atoms with E-state index in [1.807, 2.05) is 19.9 Å². The minimum absolute atomic E-state index is 0.0410. The van der Waals surface area contributed by atoms with Crippen LogP contribution in [0.5, 0.6) is 0 Å². The van der Waals surface area contributed by atoms with Gasteiger partial charge in [0.25, 0.3) is 5.56 Å². The molecule has 0 spiro atoms. The molecule has 2 heterocycles. The first-order valence-electron chi connectivity index (χ1n) is 11.0. The Morgan fingerprint density at radius 3 is 2.64 bits per heavy atom. The van der Waals surface area contributed by atoms with Crippen molar-refractivity contribution in [2.45, 2.75) is 71.2 Å². The van der Waals surface area contributed by atoms with E-state index in [-0.39, 0.29) is 24.6 Å². The number of rotatable bonds is 4. The molecule has 2 aromatic rings. The number of aromatic nitrogens is 2. The topological polar surface area (TPSA) is 114 Å². The number of ether oxygens (including phenoxy) is 1. The Kier molecular flexibility index (Phi) is 7.48. The van der Waals surface area contributed by atoms with Crippen LogP contribution in [0.3, 0.4) is 0 Å². The quantitative estimate of drug-likeness (QED) is 0.638. The minimum Gasteiger partial charge on any atom is -0.444 e. The second kappa shape index (κ2) is 9.80. The fraction of sp³-hybridized carbons (Fsp3) is 0.565. The number of hydrogen-bond donors (Lipinski definition) is 2. The van der Waals surface area contributed by atoms with E-state index in [2.05, 4.69) is 26.3 Å². The van der Waals surface area contributed by atoms with E-state index in [0.717, 1.165) is 14.5 Å². The summed E-state index contributed by atoms with van der Waals surface area (Å²) < 4.78 is 7.39. The highest BCUT2D eigenvalue weighted by atomic mass is 79.9. The molecule has 180 valence electrons. The molecule has 0 unspecified atom stereocenters. The predicted octanol–water partition coefficient (Wildman–Crippen LogP) is 2.77. The molecule has 2 amide bonds. The predicted molar refractivity (Wildman–Crippen MR) is 128 cm³/mol. The Bertz CT molecular complexity index is 1110. The number of carbonyl (C=O) groups excluding carboxylic acids is 2. The van der Waals surface area contributed by atoms with Crippen molar-refractivity contribution in [3.8, 4) is 0 Å². The van der Waals surface area contributed by atoms with Gasteiger partial charge in [-0.05, 0) is 51.3 Å². The van der Waals surface area contributed by atoms with E-state index in [0.29, 0.717) is 24.0 Å². The number of fused-ring (bicyclic) bond motifs is 1. The fourth-order valence-corrected chi connectivity index (χ4v) is 4.14. The summed E-state index contributed by atoms with van der Waals surface area (Å²) in [7, 11) is 0. The summed E-state index contributed by atoms with van der Waals surface area (Å²) in [5.74, 6) is -0.426. The number of likely N-dealkylation sites (tertiary alicyclic amines) is 1. The number of aliphatic hydroxyl groups excluding tert-OH is 1. The van der Waals surface area contributed by atoms with Gasteiger partial charge in [0, 0.05) is 22.9 Å². The fourth-order valence-electron chi connectivity index (χ4n) is 3.78. The lowest BCUT2D eigenvalue weighted by Crippen LogP contribution is -2.57. The standard InChI is InChI=1S/C23H31BrN4O5/c1-13(2)20-16-10-14(24)6-7-15(16)21(31)28(26-20)12-19(30)25-17-11-27(9-8-18(17)29)22(32)33-23(3,4)5/h6-7,10,13,17-18,29H,8-9,11-12H2,1-5H3,(H,25,30)/t17-,18+/m0/s1. The second-order valence-electron chi connectivity index (χ2n) is 9.65. The third kappa shape index (κ3) is 6.11. The number of hydrogen-bond acceptors (Lipinski definition) is 6. The largest absolute Gasteiger partial charge is 0.444 e. The Morgan fingerprint density at radius 2 is 2.00 bits per heavy atom. The number of piperidine rings is 1. The van der Waals surface area contributed by atoms with Crippen LogP contribution >= 0.6 is 15.9 Å². The molecule has 0 bridgehead atoms. The zero-order chi connectivity index (χ0) is 24.5. The molecule has 1 aliphatic heterocycles. The van der Waals surface area contributed by atoms with Gasteiger partial charge in [0.05, 0.1) is 23.2 Å². The van der Waals surface area contributed by atoms with Crippen LogP contribution in [-0.2, 0) is 16.1 Å². The summed E-state index contributed by atoms with van der Waals surface area (Å²) in [4.78, 5) is 39.6. The lowest BCUT2D eigenvalue weighted by Gasteiger charge is -2.37. The second-order valence-corrected chi connectivity index (χ2v) is 10.6. The monoisotopic (exact) mass is 522 g/mol. The van der Waals surface area contributed by atoms with Crippen LogP contribution < -0.4 is 10.9 Å². The van der Waals surface area contributed by atoms with Crippen LogP contribution in [0.25, 0.3) is 10.8 Å². The van der Waals surface area contributed by atoms with Gasteiger partial charge < -0.3 is 20.1 Å². The van der Waals surface area contributed by atoms with Crippen LogP contribution in [0.1, 0.15) is 52.7 Å². The highest BCUT2D eigenvalue weighted by Crippen LogP contribution is 2.24. The first-order chi connectivity index (χ1) is 15.4. The van der Waals surface area contributed by atoms with Gasteiger partial charge in [-0.2, -0.15) is 5.10 Å². The number of benzene rings is 1. The molecule has 0 aliphatic carbocycles. The summed E-state index contributed by atoms with van der Waals surface area (Å²) in [6.45, 7) is 9.45. The molecule has 10 heteroatoms. The Labute approximate surface area is 201 Å². The summed E-state index contributed by atoms with van der Waals surface area (Å²) in [5, 5.41) is 18.8. The van der Waals surface area contributed by atoms with Crippen LogP contribution in [0.2, 0.25) is 0 Å². The molecular weight excluding hydrogens is 492 g/mol. The maximum Gasteiger partial charge on any atom is 0.410 e. The van der Waals surface area contributed by atoms with Gasteiger partial charge in [-0.3, -0.25) is 9.59 Å². The molecule has 2 N–H and O–H groups in total. The van der Waals surface area contributed by atoms with E-state index in [1.54, 1.807) is 32.9 Å². The first-order valence-corrected chi connectivity index (χ1v) is 11.8.